The predicted octanol–water partition coefficient (Wildman–Crippen LogP) is 3.32. The van der Waals surface area contributed by atoms with Gasteiger partial charge in [-0.25, -0.2) is 0 Å². The minimum atomic E-state index is -0.0171. The minimum Gasteiger partial charge on any atom is -0.336 e. The molecule has 1 unspecified atom stereocenters. The van der Waals surface area contributed by atoms with E-state index >= 15 is 0 Å². The van der Waals surface area contributed by atoms with Gasteiger partial charge in [0.1, 0.15) is 0 Å². The molecule has 0 aliphatic heterocycles. The maximum atomic E-state index is 12.5. The van der Waals surface area contributed by atoms with E-state index in [1.807, 2.05) is 56.9 Å². The Balaban J connectivity index is 2.76. The van der Waals surface area contributed by atoms with Gasteiger partial charge in [-0.2, -0.15) is 0 Å². The summed E-state index contributed by atoms with van der Waals surface area (Å²) in [5, 5.41) is 3.93. The van der Waals surface area contributed by atoms with Crippen molar-refractivity contribution in [3.63, 3.8) is 0 Å². The summed E-state index contributed by atoms with van der Waals surface area (Å²) in [6.45, 7) is 10.3. The molecule has 0 aliphatic carbocycles. The monoisotopic (exact) mass is 296 g/mol. The molecule has 3 nitrogen and oxygen atoms in total. The van der Waals surface area contributed by atoms with Gasteiger partial charge in [0.05, 0.1) is 0 Å². The lowest BCUT2D eigenvalue weighted by molar-refractivity contribution is -0.137. The third-order valence-electron chi connectivity index (χ3n) is 3.27. The number of rotatable bonds is 7. The Hall–Kier alpha value is -1.06. The summed E-state index contributed by atoms with van der Waals surface area (Å²) in [7, 11) is 0. The van der Waals surface area contributed by atoms with Crippen LogP contribution in [0.2, 0.25) is 5.02 Å². The van der Waals surface area contributed by atoms with E-state index < -0.39 is 0 Å². The molecule has 0 aliphatic rings. The number of benzene rings is 1. The third-order valence-corrected chi connectivity index (χ3v) is 3.51. The first kappa shape index (κ1) is 17.0. The van der Waals surface area contributed by atoms with Crippen molar-refractivity contribution in [2.24, 2.45) is 5.92 Å². The molecule has 0 heterocycles. The SMILES string of the molecule is CCNCC(C)C(=O)N(Cc1cccc(Cl)c1)C(C)C. The van der Waals surface area contributed by atoms with Crippen LogP contribution < -0.4 is 5.32 Å². The van der Waals surface area contributed by atoms with Gasteiger partial charge in [0.25, 0.3) is 0 Å². The number of hydrogen-bond acceptors (Lipinski definition) is 2. The maximum absolute atomic E-state index is 12.5. The number of carbonyl (C=O) groups is 1. The summed E-state index contributed by atoms with van der Waals surface area (Å²) in [6.07, 6.45) is 0. The largest absolute Gasteiger partial charge is 0.336 e. The average molecular weight is 297 g/mol. The molecule has 0 radical (unpaired) electrons. The summed E-state index contributed by atoms with van der Waals surface area (Å²) < 4.78 is 0. The van der Waals surface area contributed by atoms with E-state index in [0.717, 1.165) is 12.1 Å². The van der Waals surface area contributed by atoms with Crippen LogP contribution in [0.25, 0.3) is 0 Å². The van der Waals surface area contributed by atoms with Gasteiger partial charge in [-0.15, -0.1) is 0 Å². The van der Waals surface area contributed by atoms with E-state index in [-0.39, 0.29) is 17.9 Å². The van der Waals surface area contributed by atoms with E-state index in [0.29, 0.717) is 18.1 Å². The number of hydrogen-bond donors (Lipinski definition) is 1. The fraction of sp³-hybridized carbons (Fsp3) is 0.562. The van der Waals surface area contributed by atoms with Crippen molar-refractivity contribution >= 4 is 17.5 Å². The lowest BCUT2D eigenvalue weighted by atomic mass is 10.1. The van der Waals surface area contributed by atoms with E-state index in [1.54, 1.807) is 0 Å². The molecule has 4 heteroatoms. The molecular formula is C16H25ClN2O. The first-order chi connectivity index (χ1) is 9.45. The maximum Gasteiger partial charge on any atom is 0.227 e. The zero-order chi connectivity index (χ0) is 15.1. The van der Waals surface area contributed by atoms with Gasteiger partial charge in [0.15, 0.2) is 0 Å². The van der Waals surface area contributed by atoms with Crippen LogP contribution in [-0.2, 0) is 11.3 Å². The molecule has 1 aromatic rings. The molecule has 0 spiro atoms. The van der Waals surface area contributed by atoms with Crippen LogP contribution in [0.4, 0.5) is 0 Å². The quantitative estimate of drug-likeness (QED) is 0.837. The second-order valence-electron chi connectivity index (χ2n) is 5.40. The summed E-state index contributed by atoms with van der Waals surface area (Å²) >= 11 is 6.01. The molecular weight excluding hydrogens is 272 g/mol. The van der Waals surface area contributed by atoms with Crippen LogP contribution in [0.3, 0.4) is 0 Å². The number of nitrogens with one attached hydrogen (secondary N) is 1. The van der Waals surface area contributed by atoms with Crippen LogP contribution in [0.15, 0.2) is 24.3 Å². The highest BCUT2D eigenvalue weighted by Gasteiger charge is 2.22. The zero-order valence-electron chi connectivity index (χ0n) is 12.8. The van der Waals surface area contributed by atoms with Gasteiger partial charge in [0.2, 0.25) is 5.91 Å². The first-order valence-electron chi connectivity index (χ1n) is 7.21. The molecule has 1 N–H and O–H groups in total. The standard InChI is InChI=1S/C16H25ClN2O/c1-5-18-10-13(4)16(20)19(12(2)3)11-14-7-6-8-15(17)9-14/h6-9,12-13,18H,5,10-11H2,1-4H3. The number of carbonyl (C=O) groups excluding carboxylic acids is 1. The van der Waals surface area contributed by atoms with Gasteiger partial charge in [-0.1, -0.05) is 37.6 Å². The third kappa shape index (κ3) is 5.14. The molecule has 0 bridgehead atoms. The second kappa shape index (κ2) is 8.28. The Kier molecular flexibility index (Phi) is 7.03. The Bertz CT molecular complexity index is 434. The van der Waals surface area contributed by atoms with E-state index in [9.17, 15) is 4.79 Å². The Labute approximate surface area is 127 Å². The van der Waals surface area contributed by atoms with E-state index in [2.05, 4.69) is 5.32 Å². The number of nitrogens with zero attached hydrogens (tertiary/aromatic N) is 1. The number of amides is 1. The van der Waals surface area contributed by atoms with Crippen molar-refractivity contribution in [2.45, 2.75) is 40.3 Å². The molecule has 112 valence electrons. The van der Waals surface area contributed by atoms with E-state index in [4.69, 9.17) is 11.6 Å². The second-order valence-corrected chi connectivity index (χ2v) is 5.83. The fourth-order valence-corrected chi connectivity index (χ4v) is 2.29. The van der Waals surface area contributed by atoms with E-state index in [1.165, 1.54) is 0 Å². The molecule has 1 rings (SSSR count). The van der Waals surface area contributed by atoms with Crippen LogP contribution in [0.5, 0.6) is 0 Å². The molecule has 1 amide bonds. The molecule has 0 fully saturated rings. The van der Waals surface area contributed by atoms with Gasteiger partial charge in [-0.05, 0) is 38.1 Å². The molecule has 1 atom stereocenters. The van der Waals surface area contributed by atoms with Gasteiger partial charge in [-0.3, -0.25) is 4.79 Å². The lowest BCUT2D eigenvalue weighted by Gasteiger charge is -2.29. The normalized spacial score (nSPS) is 12.5. The number of halogens is 1. The van der Waals surface area contributed by atoms with Gasteiger partial charge < -0.3 is 10.2 Å². The van der Waals surface area contributed by atoms with Gasteiger partial charge in [0, 0.05) is 30.1 Å². The molecule has 0 aromatic heterocycles. The Morgan fingerprint density at radius 3 is 2.60 bits per heavy atom. The van der Waals surface area contributed by atoms with Crippen molar-refractivity contribution in [1.29, 1.82) is 0 Å². The highest BCUT2D eigenvalue weighted by molar-refractivity contribution is 6.30. The molecule has 20 heavy (non-hydrogen) atoms. The van der Waals surface area contributed by atoms with Crippen LogP contribution in [0, 0.1) is 5.92 Å². The smallest absolute Gasteiger partial charge is 0.227 e. The summed E-state index contributed by atoms with van der Waals surface area (Å²) in [5.41, 5.74) is 1.07. The van der Waals surface area contributed by atoms with Crippen molar-refractivity contribution < 1.29 is 4.79 Å². The highest BCUT2D eigenvalue weighted by atomic mass is 35.5. The minimum absolute atomic E-state index is 0.0171. The molecule has 0 saturated carbocycles. The van der Waals surface area contributed by atoms with Crippen molar-refractivity contribution in [2.75, 3.05) is 13.1 Å². The fourth-order valence-electron chi connectivity index (χ4n) is 2.08. The first-order valence-corrected chi connectivity index (χ1v) is 7.59. The summed E-state index contributed by atoms with van der Waals surface area (Å²) in [4.78, 5) is 14.4. The van der Waals surface area contributed by atoms with Crippen molar-refractivity contribution in [3.8, 4) is 0 Å². The van der Waals surface area contributed by atoms with Crippen LogP contribution >= 0.6 is 11.6 Å². The van der Waals surface area contributed by atoms with Gasteiger partial charge >= 0.3 is 0 Å². The summed E-state index contributed by atoms with van der Waals surface area (Å²) in [5.74, 6) is 0.164. The van der Waals surface area contributed by atoms with Crippen LogP contribution in [-0.4, -0.2) is 29.9 Å². The van der Waals surface area contributed by atoms with Crippen molar-refractivity contribution in [3.05, 3.63) is 34.9 Å². The Morgan fingerprint density at radius 2 is 2.05 bits per heavy atom. The van der Waals surface area contributed by atoms with Crippen LogP contribution in [0.1, 0.15) is 33.3 Å². The molecule has 0 saturated heterocycles. The highest BCUT2D eigenvalue weighted by Crippen LogP contribution is 2.16. The predicted molar refractivity (Wildman–Crippen MR) is 84.8 cm³/mol. The summed E-state index contributed by atoms with van der Waals surface area (Å²) in [6, 6.07) is 7.86. The zero-order valence-corrected chi connectivity index (χ0v) is 13.6. The Morgan fingerprint density at radius 1 is 1.35 bits per heavy atom. The van der Waals surface area contributed by atoms with Crippen molar-refractivity contribution in [1.82, 2.24) is 10.2 Å². The lowest BCUT2D eigenvalue weighted by Crippen LogP contribution is -2.42. The topological polar surface area (TPSA) is 32.3 Å². The average Bonchev–Trinajstić information content (AvgIpc) is 2.41. The molecule has 1 aromatic carbocycles.